The Bertz CT molecular complexity index is 1410. The largest absolute Gasteiger partial charge is 0.494 e. The first kappa shape index (κ1) is 24.4. The number of aromatic nitrogens is 1. The van der Waals surface area contributed by atoms with E-state index in [9.17, 15) is 9.59 Å². The summed E-state index contributed by atoms with van der Waals surface area (Å²) in [6.07, 6.45) is 0.0535. The molecule has 6 nitrogen and oxygen atoms in total. The van der Waals surface area contributed by atoms with Crippen molar-refractivity contribution >= 4 is 33.0 Å². The van der Waals surface area contributed by atoms with E-state index in [-0.39, 0.29) is 18.0 Å². The summed E-state index contributed by atoms with van der Waals surface area (Å²) in [5.41, 5.74) is 3.50. The molecule has 0 aliphatic rings. The lowest BCUT2D eigenvalue weighted by atomic mass is 9.94. The fourth-order valence-electron chi connectivity index (χ4n) is 4.08. The van der Waals surface area contributed by atoms with Crippen LogP contribution in [-0.2, 0) is 0 Å². The lowest BCUT2D eigenvalue weighted by Crippen LogP contribution is -2.17. The Labute approximate surface area is 208 Å². The molecule has 0 fully saturated rings. The Morgan fingerprint density at radius 1 is 0.943 bits per heavy atom. The number of ketones is 2. The van der Waals surface area contributed by atoms with Crippen molar-refractivity contribution in [3.05, 3.63) is 70.7 Å². The van der Waals surface area contributed by atoms with Gasteiger partial charge >= 0.3 is 0 Å². The molecule has 2 aromatic heterocycles. The van der Waals surface area contributed by atoms with E-state index >= 15 is 0 Å². The van der Waals surface area contributed by atoms with Crippen LogP contribution in [0.4, 0.5) is 0 Å². The lowest BCUT2D eigenvalue weighted by Gasteiger charge is -2.13. The summed E-state index contributed by atoms with van der Waals surface area (Å²) in [5, 5.41) is 3.11. The number of benzene rings is 2. The van der Waals surface area contributed by atoms with Gasteiger partial charge in [0.15, 0.2) is 23.1 Å². The summed E-state index contributed by atoms with van der Waals surface area (Å²) in [7, 11) is 4.64. The molecule has 180 valence electrons. The highest BCUT2D eigenvalue weighted by molar-refractivity contribution is 7.18. The van der Waals surface area contributed by atoms with Gasteiger partial charge in [-0.15, -0.1) is 11.3 Å². The Morgan fingerprint density at radius 3 is 2.37 bits per heavy atom. The van der Waals surface area contributed by atoms with E-state index in [1.54, 1.807) is 55.7 Å². The van der Waals surface area contributed by atoms with Crippen molar-refractivity contribution in [2.45, 2.75) is 20.3 Å². The Balaban J connectivity index is 1.61. The summed E-state index contributed by atoms with van der Waals surface area (Å²) in [4.78, 5) is 30.9. The molecule has 0 radical (unpaired) electrons. The molecule has 0 aliphatic heterocycles. The molecule has 0 saturated carbocycles. The molecule has 0 N–H and O–H groups in total. The topological polar surface area (TPSA) is 74.7 Å². The number of rotatable bonds is 9. The zero-order valence-corrected chi connectivity index (χ0v) is 21.2. The maximum atomic E-state index is 13.3. The predicted octanol–water partition coefficient (Wildman–Crippen LogP) is 6.39. The average Bonchev–Trinajstić information content (AvgIpc) is 3.32. The van der Waals surface area contributed by atoms with Crippen LogP contribution in [0.5, 0.6) is 17.2 Å². The van der Waals surface area contributed by atoms with E-state index in [0.717, 1.165) is 10.9 Å². The fraction of sp³-hybridized carbons (Fsp3) is 0.250. The van der Waals surface area contributed by atoms with Crippen molar-refractivity contribution in [2.75, 3.05) is 21.3 Å². The summed E-state index contributed by atoms with van der Waals surface area (Å²) >= 11 is 1.64. The van der Waals surface area contributed by atoms with Crippen molar-refractivity contribution < 1.29 is 23.8 Å². The Morgan fingerprint density at radius 2 is 1.66 bits per heavy atom. The highest BCUT2D eigenvalue weighted by Gasteiger charge is 2.23. The summed E-state index contributed by atoms with van der Waals surface area (Å²) in [5.74, 6) is 0.706. The number of fused-ring (bicyclic) bond motifs is 1. The standard InChI is InChI=1S/C28H27NO5S/c1-16-7-6-8-19-20(15-35-28(16)19)26-24(33-4)12-10-21(29-26)27(31)17(2)13-22(30)18-9-11-23(32-3)25(14-18)34-5/h6-12,14-15,17H,13H2,1-5H3/t17-/m1/s1. The van der Waals surface area contributed by atoms with Crippen LogP contribution in [0.3, 0.4) is 0 Å². The first-order valence-corrected chi connectivity index (χ1v) is 12.1. The molecular weight excluding hydrogens is 462 g/mol. The van der Waals surface area contributed by atoms with Crippen LogP contribution in [0.2, 0.25) is 0 Å². The Kier molecular flexibility index (Phi) is 7.17. The number of methoxy groups -OCH3 is 3. The lowest BCUT2D eigenvalue weighted by molar-refractivity contribution is 0.0859. The number of carbonyl (C=O) groups is 2. The number of aryl methyl sites for hydroxylation is 1. The summed E-state index contributed by atoms with van der Waals surface area (Å²) < 4.78 is 17.3. The minimum atomic E-state index is -0.550. The predicted molar refractivity (Wildman–Crippen MR) is 138 cm³/mol. The molecule has 2 heterocycles. The van der Waals surface area contributed by atoms with Crippen LogP contribution < -0.4 is 14.2 Å². The quantitative estimate of drug-likeness (QED) is 0.254. The molecule has 4 aromatic rings. The van der Waals surface area contributed by atoms with E-state index in [0.29, 0.717) is 34.2 Å². The van der Waals surface area contributed by atoms with E-state index in [1.807, 2.05) is 17.5 Å². The molecule has 0 aliphatic carbocycles. The first-order chi connectivity index (χ1) is 16.9. The van der Waals surface area contributed by atoms with Gasteiger partial charge in [0, 0.05) is 38.9 Å². The van der Waals surface area contributed by atoms with E-state index in [1.165, 1.54) is 24.5 Å². The number of nitrogens with zero attached hydrogens (tertiary/aromatic N) is 1. The van der Waals surface area contributed by atoms with Crippen molar-refractivity contribution in [1.29, 1.82) is 0 Å². The number of pyridine rings is 1. The normalized spacial score (nSPS) is 11.8. The molecule has 0 bridgehead atoms. The molecule has 0 amide bonds. The van der Waals surface area contributed by atoms with Gasteiger partial charge in [-0.05, 0) is 42.8 Å². The second-order valence-electron chi connectivity index (χ2n) is 8.31. The molecule has 0 spiro atoms. The molecule has 7 heteroatoms. The molecule has 2 aromatic carbocycles. The van der Waals surface area contributed by atoms with E-state index in [4.69, 9.17) is 19.2 Å². The van der Waals surface area contributed by atoms with Crippen LogP contribution in [0.15, 0.2) is 53.9 Å². The summed E-state index contributed by atoms with van der Waals surface area (Å²) in [6, 6.07) is 14.5. The van der Waals surface area contributed by atoms with Crippen molar-refractivity contribution in [1.82, 2.24) is 4.98 Å². The van der Waals surface area contributed by atoms with Crippen LogP contribution in [0.25, 0.3) is 21.3 Å². The molecule has 1 atom stereocenters. The fourth-order valence-corrected chi connectivity index (χ4v) is 5.11. The van der Waals surface area contributed by atoms with Gasteiger partial charge in [0.1, 0.15) is 17.1 Å². The third-order valence-electron chi connectivity index (χ3n) is 6.03. The van der Waals surface area contributed by atoms with Crippen molar-refractivity contribution in [2.24, 2.45) is 5.92 Å². The van der Waals surface area contributed by atoms with Gasteiger partial charge in [0.25, 0.3) is 0 Å². The number of hydrogen-bond acceptors (Lipinski definition) is 7. The first-order valence-electron chi connectivity index (χ1n) is 11.2. The maximum Gasteiger partial charge on any atom is 0.184 e. The second kappa shape index (κ2) is 10.3. The molecule has 0 saturated heterocycles. The van der Waals surface area contributed by atoms with Gasteiger partial charge in [0.2, 0.25) is 0 Å². The third kappa shape index (κ3) is 4.77. The highest BCUT2D eigenvalue weighted by Crippen LogP contribution is 2.39. The smallest absolute Gasteiger partial charge is 0.184 e. The molecular formula is C28H27NO5S. The minimum absolute atomic E-state index is 0.0535. The average molecular weight is 490 g/mol. The number of carbonyl (C=O) groups excluding carboxylic acids is 2. The van der Waals surface area contributed by atoms with Crippen LogP contribution >= 0.6 is 11.3 Å². The van der Waals surface area contributed by atoms with Gasteiger partial charge in [-0.1, -0.05) is 25.1 Å². The number of thiophene rings is 1. The molecule has 4 rings (SSSR count). The van der Waals surface area contributed by atoms with Gasteiger partial charge in [-0.25, -0.2) is 4.98 Å². The molecule has 0 unspecified atom stereocenters. The molecule has 35 heavy (non-hydrogen) atoms. The van der Waals surface area contributed by atoms with Crippen LogP contribution in [0, 0.1) is 12.8 Å². The highest BCUT2D eigenvalue weighted by atomic mass is 32.1. The van der Waals surface area contributed by atoms with Crippen LogP contribution in [0.1, 0.15) is 39.8 Å². The Hall–Kier alpha value is -3.71. The zero-order chi connectivity index (χ0) is 25.1. The van der Waals surface area contributed by atoms with Crippen LogP contribution in [-0.4, -0.2) is 37.9 Å². The maximum absolute atomic E-state index is 13.3. The number of Topliss-reactive ketones (excluding diaryl/α,β-unsaturated/α-hetero) is 2. The van der Waals surface area contributed by atoms with Gasteiger partial charge in [-0.3, -0.25) is 9.59 Å². The number of hydrogen-bond donors (Lipinski definition) is 0. The SMILES string of the molecule is COc1ccc(C(=O)C[C@@H](C)C(=O)c2ccc(OC)c(-c3csc4c(C)cccc34)n2)cc1OC. The minimum Gasteiger partial charge on any atom is -0.494 e. The van der Waals surface area contributed by atoms with Gasteiger partial charge in [-0.2, -0.15) is 0 Å². The second-order valence-corrected chi connectivity index (χ2v) is 9.19. The summed E-state index contributed by atoms with van der Waals surface area (Å²) in [6.45, 7) is 3.82. The van der Waals surface area contributed by atoms with Crippen molar-refractivity contribution in [3.63, 3.8) is 0 Å². The third-order valence-corrected chi connectivity index (χ3v) is 7.16. The van der Waals surface area contributed by atoms with E-state index < -0.39 is 5.92 Å². The van der Waals surface area contributed by atoms with E-state index in [2.05, 4.69) is 13.0 Å². The zero-order valence-electron chi connectivity index (χ0n) is 20.4. The number of ether oxygens (including phenoxy) is 3. The van der Waals surface area contributed by atoms with Gasteiger partial charge < -0.3 is 14.2 Å². The van der Waals surface area contributed by atoms with Gasteiger partial charge in [0.05, 0.1) is 21.3 Å². The van der Waals surface area contributed by atoms with Crippen molar-refractivity contribution in [3.8, 4) is 28.5 Å². The monoisotopic (exact) mass is 489 g/mol.